The van der Waals surface area contributed by atoms with E-state index < -0.39 is 5.97 Å². The third-order valence-corrected chi connectivity index (χ3v) is 2.37. The van der Waals surface area contributed by atoms with Gasteiger partial charge in [0.25, 0.3) is 0 Å². The molecule has 3 atom stereocenters. The summed E-state index contributed by atoms with van der Waals surface area (Å²) in [5, 5.41) is 8.62. The second-order valence-electron chi connectivity index (χ2n) is 3.08. The van der Waals surface area contributed by atoms with Crippen LogP contribution in [0.2, 0.25) is 0 Å². The fourth-order valence-corrected chi connectivity index (χ4v) is 1.51. The fraction of sp³-hybridized carbons (Fsp3) is 0.857. The maximum Gasteiger partial charge on any atom is 0.308 e. The molecule has 0 spiro atoms. The molecule has 1 saturated carbocycles. The zero-order valence-corrected chi connectivity index (χ0v) is 6.08. The van der Waals surface area contributed by atoms with Gasteiger partial charge in [0.2, 0.25) is 0 Å². The molecule has 0 saturated heterocycles. The van der Waals surface area contributed by atoms with Crippen molar-refractivity contribution < 1.29 is 9.90 Å². The van der Waals surface area contributed by atoms with Gasteiger partial charge >= 0.3 is 5.97 Å². The van der Waals surface area contributed by atoms with Gasteiger partial charge in [-0.3, -0.25) is 4.79 Å². The fourth-order valence-electron chi connectivity index (χ4n) is 1.51. The molecular formula is C7H13NO2. The molecule has 3 nitrogen and oxygen atoms in total. The Labute approximate surface area is 60.2 Å². The number of carbonyl (C=O) groups is 1. The van der Waals surface area contributed by atoms with Crippen molar-refractivity contribution in [3.8, 4) is 0 Å². The SMILES string of the molecule is C[C@H]1CC[C@H](C(=O)O)[C@@H]1N. The van der Waals surface area contributed by atoms with E-state index in [0.717, 1.165) is 12.8 Å². The Morgan fingerprint density at radius 2 is 2.20 bits per heavy atom. The van der Waals surface area contributed by atoms with Crippen LogP contribution in [0.25, 0.3) is 0 Å². The highest BCUT2D eigenvalue weighted by Gasteiger charge is 2.34. The maximum absolute atomic E-state index is 10.5. The van der Waals surface area contributed by atoms with Crippen molar-refractivity contribution in [3.05, 3.63) is 0 Å². The van der Waals surface area contributed by atoms with Crippen molar-refractivity contribution in [2.45, 2.75) is 25.8 Å². The van der Waals surface area contributed by atoms with Gasteiger partial charge in [-0.2, -0.15) is 0 Å². The van der Waals surface area contributed by atoms with Gasteiger partial charge in [-0.05, 0) is 18.8 Å². The van der Waals surface area contributed by atoms with Gasteiger partial charge in [-0.1, -0.05) is 6.92 Å². The van der Waals surface area contributed by atoms with E-state index in [2.05, 4.69) is 0 Å². The topological polar surface area (TPSA) is 63.3 Å². The van der Waals surface area contributed by atoms with E-state index in [9.17, 15) is 4.79 Å². The van der Waals surface area contributed by atoms with Crippen LogP contribution in [-0.4, -0.2) is 17.1 Å². The Bertz CT molecular complexity index is 147. The lowest BCUT2D eigenvalue weighted by molar-refractivity contribution is -0.142. The molecule has 3 N–H and O–H groups in total. The first kappa shape index (κ1) is 7.54. The zero-order valence-electron chi connectivity index (χ0n) is 6.08. The molecule has 58 valence electrons. The van der Waals surface area contributed by atoms with E-state index in [1.165, 1.54) is 0 Å². The van der Waals surface area contributed by atoms with Gasteiger partial charge in [0.15, 0.2) is 0 Å². The summed E-state index contributed by atoms with van der Waals surface area (Å²) >= 11 is 0. The minimum Gasteiger partial charge on any atom is -0.481 e. The van der Waals surface area contributed by atoms with Gasteiger partial charge in [0.05, 0.1) is 5.92 Å². The molecule has 3 heteroatoms. The van der Waals surface area contributed by atoms with Gasteiger partial charge in [0.1, 0.15) is 0 Å². The molecule has 0 unspecified atom stereocenters. The number of hydrogen-bond acceptors (Lipinski definition) is 2. The van der Waals surface area contributed by atoms with E-state index >= 15 is 0 Å². The average molecular weight is 143 g/mol. The van der Waals surface area contributed by atoms with Gasteiger partial charge in [0, 0.05) is 6.04 Å². The van der Waals surface area contributed by atoms with Crippen molar-refractivity contribution in [1.29, 1.82) is 0 Å². The monoisotopic (exact) mass is 143 g/mol. The Balaban J connectivity index is 2.57. The molecule has 0 heterocycles. The summed E-state index contributed by atoms with van der Waals surface area (Å²) < 4.78 is 0. The number of hydrogen-bond donors (Lipinski definition) is 2. The van der Waals surface area contributed by atoms with E-state index in [1.807, 2.05) is 6.92 Å². The molecule has 0 bridgehead atoms. The van der Waals surface area contributed by atoms with Gasteiger partial charge in [-0.15, -0.1) is 0 Å². The summed E-state index contributed by atoms with van der Waals surface area (Å²) in [7, 11) is 0. The van der Waals surface area contributed by atoms with Crippen LogP contribution in [0.1, 0.15) is 19.8 Å². The predicted octanol–water partition coefficient (Wildman–Crippen LogP) is 0.444. The first-order valence-corrected chi connectivity index (χ1v) is 3.61. The van der Waals surface area contributed by atoms with Gasteiger partial charge < -0.3 is 10.8 Å². The quantitative estimate of drug-likeness (QED) is 0.560. The highest BCUT2D eigenvalue weighted by atomic mass is 16.4. The van der Waals surface area contributed by atoms with Crippen LogP contribution < -0.4 is 5.73 Å². The number of nitrogens with two attached hydrogens (primary N) is 1. The summed E-state index contributed by atoms with van der Waals surface area (Å²) in [5.41, 5.74) is 5.64. The molecule has 10 heavy (non-hydrogen) atoms. The molecule has 0 aromatic rings. The molecule has 0 radical (unpaired) electrons. The minimum atomic E-state index is -0.739. The summed E-state index contributed by atoms with van der Waals surface area (Å²) in [4.78, 5) is 10.5. The number of rotatable bonds is 1. The van der Waals surface area contributed by atoms with Gasteiger partial charge in [-0.25, -0.2) is 0 Å². The lowest BCUT2D eigenvalue weighted by Crippen LogP contribution is -2.34. The highest BCUT2D eigenvalue weighted by Crippen LogP contribution is 2.29. The largest absolute Gasteiger partial charge is 0.481 e. The van der Waals surface area contributed by atoms with Crippen LogP contribution in [0.15, 0.2) is 0 Å². The van der Waals surface area contributed by atoms with Crippen LogP contribution >= 0.6 is 0 Å². The van der Waals surface area contributed by atoms with Crippen LogP contribution in [0.3, 0.4) is 0 Å². The summed E-state index contributed by atoms with van der Waals surface area (Å²) in [6, 6.07) is -0.127. The smallest absolute Gasteiger partial charge is 0.308 e. The Morgan fingerprint density at radius 1 is 1.60 bits per heavy atom. The van der Waals surface area contributed by atoms with Crippen molar-refractivity contribution in [2.75, 3.05) is 0 Å². The van der Waals surface area contributed by atoms with Crippen molar-refractivity contribution >= 4 is 5.97 Å². The standard InChI is InChI=1S/C7H13NO2/c1-4-2-3-5(6(4)8)7(9)10/h4-6H,2-3,8H2,1H3,(H,9,10)/t4-,5-,6+/m0/s1. The highest BCUT2D eigenvalue weighted by molar-refractivity contribution is 5.71. The van der Waals surface area contributed by atoms with Crippen LogP contribution in [0.4, 0.5) is 0 Å². The van der Waals surface area contributed by atoms with E-state index in [-0.39, 0.29) is 12.0 Å². The Hall–Kier alpha value is -0.570. The molecule has 0 aliphatic heterocycles. The molecule has 1 aliphatic rings. The molecule has 0 aromatic heterocycles. The summed E-state index contributed by atoms with van der Waals surface area (Å²) in [6.07, 6.45) is 1.70. The first-order chi connectivity index (χ1) is 4.63. The van der Waals surface area contributed by atoms with E-state index in [4.69, 9.17) is 10.8 Å². The second kappa shape index (κ2) is 2.58. The number of aliphatic carboxylic acids is 1. The second-order valence-corrected chi connectivity index (χ2v) is 3.08. The maximum atomic E-state index is 10.5. The third-order valence-electron chi connectivity index (χ3n) is 2.37. The van der Waals surface area contributed by atoms with Crippen molar-refractivity contribution in [1.82, 2.24) is 0 Å². The molecule has 1 fully saturated rings. The lowest BCUT2D eigenvalue weighted by atomic mass is 10.0. The summed E-state index contributed by atoms with van der Waals surface area (Å²) in [6.45, 7) is 2.01. The van der Waals surface area contributed by atoms with Crippen LogP contribution in [-0.2, 0) is 4.79 Å². The normalized spacial score (nSPS) is 40.0. The minimum absolute atomic E-state index is 0.127. The molecular weight excluding hydrogens is 130 g/mol. The number of carboxylic acids is 1. The first-order valence-electron chi connectivity index (χ1n) is 3.61. The molecule has 1 aliphatic carbocycles. The van der Waals surface area contributed by atoms with Crippen LogP contribution in [0.5, 0.6) is 0 Å². The summed E-state index contributed by atoms with van der Waals surface area (Å²) in [5.74, 6) is -0.659. The van der Waals surface area contributed by atoms with E-state index in [1.54, 1.807) is 0 Å². The molecule has 0 amide bonds. The Kier molecular flexibility index (Phi) is 1.94. The molecule has 1 rings (SSSR count). The zero-order chi connectivity index (χ0) is 7.72. The Morgan fingerprint density at radius 3 is 2.40 bits per heavy atom. The van der Waals surface area contributed by atoms with Crippen LogP contribution in [0, 0.1) is 11.8 Å². The van der Waals surface area contributed by atoms with Crippen molar-refractivity contribution in [3.63, 3.8) is 0 Å². The molecule has 0 aromatic carbocycles. The van der Waals surface area contributed by atoms with Crippen molar-refractivity contribution in [2.24, 2.45) is 17.6 Å². The average Bonchev–Trinajstić information content (AvgIpc) is 2.14. The number of carboxylic acid groups (broad SMARTS) is 1. The predicted molar refractivity (Wildman–Crippen MR) is 37.5 cm³/mol. The lowest BCUT2D eigenvalue weighted by Gasteiger charge is -2.12. The van der Waals surface area contributed by atoms with E-state index in [0.29, 0.717) is 5.92 Å². The third kappa shape index (κ3) is 1.14.